The SMILES string of the molecule is CN(C)CC1(C(=O)O)CCc2ccccc21. The number of fused-ring (bicyclic) bond motifs is 1. The summed E-state index contributed by atoms with van der Waals surface area (Å²) in [6.45, 7) is 0.569. The van der Waals surface area contributed by atoms with Gasteiger partial charge in [-0.2, -0.15) is 0 Å². The Morgan fingerprint density at radius 2 is 2.12 bits per heavy atom. The van der Waals surface area contributed by atoms with Gasteiger partial charge in [0, 0.05) is 6.54 Å². The van der Waals surface area contributed by atoms with E-state index < -0.39 is 11.4 Å². The number of likely N-dealkylation sites (N-methyl/N-ethyl adjacent to an activating group) is 1. The number of aliphatic carboxylic acids is 1. The topological polar surface area (TPSA) is 40.5 Å². The minimum absolute atomic E-state index is 0.569. The predicted octanol–water partition coefficient (Wildman–Crippen LogP) is 1.52. The summed E-state index contributed by atoms with van der Waals surface area (Å²) < 4.78 is 0. The fourth-order valence-corrected chi connectivity index (χ4v) is 2.68. The first-order valence-corrected chi connectivity index (χ1v) is 5.53. The lowest BCUT2D eigenvalue weighted by Crippen LogP contribution is -2.42. The number of nitrogens with zero attached hydrogens (tertiary/aromatic N) is 1. The van der Waals surface area contributed by atoms with Gasteiger partial charge in [-0.05, 0) is 38.1 Å². The molecule has 0 spiro atoms. The zero-order valence-electron chi connectivity index (χ0n) is 9.73. The molecular formula is C13H17NO2. The van der Waals surface area contributed by atoms with Gasteiger partial charge >= 0.3 is 5.97 Å². The second-order valence-electron chi connectivity index (χ2n) is 4.78. The Kier molecular flexibility index (Phi) is 2.72. The molecule has 0 saturated heterocycles. The van der Waals surface area contributed by atoms with Crippen molar-refractivity contribution in [3.8, 4) is 0 Å². The van der Waals surface area contributed by atoms with Crippen LogP contribution in [-0.4, -0.2) is 36.6 Å². The monoisotopic (exact) mass is 219 g/mol. The number of benzene rings is 1. The summed E-state index contributed by atoms with van der Waals surface area (Å²) in [6.07, 6.45) is 1.58. The Morgan fingerprint density at radius 3 is 2.75 bits per heavy atom. The quantitative estimate of drug-likeness (QED) is 0.838. The van der Waals surface area contributed by atoms with Gasteiger partial charge in [0.1, 0.15) is 5.41 Å². The zero-order valence-corrected chi connectivity index (χ0v) is 9.73. The van der Waals surface area contributed by atoms with Crippen molar-refractivity contribution < 1.29 is 9.90 Å². The van der Waals surface area contributed by atoms with Crippen molar-refractivity contribution in [2.24, 2.45) is 0 Å². The molecule has 0 aliphatic heterocycles. The maximum atomic E-state index is 11.6. The van der Waals surface area contributed by atoms with Crippen molar-refractivity contribution in [2.75, 3.05) is 20.6 Å². The first kappa shape index (κ1) is 11.1. The molecule has 16 heavy (non-hydrogen) atoms. The van der Waals surface area contributed by atoms with Crippen molar-refractivity contribution in [1.29, 1.82) is 0 Å². The van der Waals surface area contributed by atoms with Crippen LogP contribution in [-0.2, 0) is 16.6 Å². The average molecular weight is 219 g/mol. The lowest BCUT2D eigenvalue weighted by molar-refractivity contribution is -0.144. The molecular weight excluding hydrogens is 202 g/mol. The Balaban J connectivity index is 2.47. The molecule has 0 bridgehead atoms. The molecule has 3 nitrogen and oxygen atoms in total. The minimum atomic E-state index is -0.708. The number of carboxylic acid groups (broad SMARTS) is 1. The Hall–Kier alpha value is -1.35. The molecule has 0 fully saturated rings. The van der Waals surface area contributed by atoms with Gasteiger partial charge in [0.15, 0.2) is 0 Å². The molecule has 1 atom stereocenters. The van der Waals surface area contributed by atoms with Gasteiger partial charge in [-0.1, -0.05) is 24.3 Å². The number of hydrogen-bond acceptors (Lipinski definition) is 2. The standard InChI is InChI=1S/C13H17NO2/c1-14(2)9-13(12(15)16)8-7-10-5-3-4-6-11(10)13/h3-6H,7-9H2,1-2H3,(H,15,16). The molecule has 1 aromatic carbocycles. The highest BCUT2D eigenvalue weighted by Crippen LogP contribution is 2.39. The smallest absolute Gasteiger partial charge is 0.315 e. The van der Waals surface area contributed by atoms with E-state index in [0.717, 1.165) is 12.0 Å². The zero-order chi connectivity index (χ0) is 11.8. The summed E-state index contributed by atoms with van der Waals surface area (Å²) in [7, 11) is 3.84. The lowest BCUT2D eigenvalue weighted by atomic mass is 9.81. The summed E-state index contributed by atoms with van der Waals surface area (Å²) in [5, 5.41) is 9.53. The van der Waals surface area contributed by atoms with Crippen LogP contribution in [0.2, 0.25) is 0 Å². The van der Waals surface area contributed by atoms with E-state index >= 15 is 0 Å². The largest absolute Gasteiger partial charge is 0.481 e. The van der Waals surface area contributed by atoms with E-state index in [1.807, 2.05) is 43.3 Å². The molecule has 1 aromatic rings. The van der Waals surface area contributed by atoms with Crippen LogP contribution in [0.5, 0.6) is 0 Å². The van der Waals surface area contributed by atoms with Gasteiger partial charge < -0.3 is 10.0 Å². The van der Waals surface area contributed by atoms with Crippen LogP contribution in [0.3, 0.4) is 0 Å². The van der Waals surface area contributed by atoms with Crippen molar-refractivity contribution in [3.05, 3.63) is 35.4 Å². The number of hydrogen-bond donors (Lipinski definition) is 1. The maximum absolute atomic E-state index is 11.6. The molecule has 0 saturated carbocycles. The van der Waals surface area contributed by atoms with Crippen LogP contribution in [0.15, 0.2) is 24.3 Å². The highest BCUT2D eigenvalue weighted by molar-refractivity contribution is 5.83. The second kappa shape index (κ2) is 3.91. The molecule has 0 heterocycles. The summed E-state index contributed by atoms with van der Waals surface area (Å²) >= 11 is 0. The molecule has 1 aliphatic rings. The fourth-order valence-electron chi connectivity index (χ4n) is 2.68. The minimum Gasteiger partial charge on any atom is -0.481 e. The Morgan fingerprint density at radius 1 is 1.44 bits per heavy atom. The van der Waals surface area contributed by atoms with Crippen LogP contribution in [0.1, 0.15) is 17.5 Å². The third-order valence-electron chi connectivity index (χ3n) is 3.35. The first-order chi connectivity index (χ1) is 7.56. The van der Waals surface area contributed by atoms with Gasteiger partial charge in [-0.3, -0.25) is 4.79 Å². The van der Waals surface area contributed by atoms with Crippen molar-refractivity contribution in [3.63, 3.8) is 0 Å². The number of aryl methyl sites for hydroxylation is 1. The van der Waals surface area contributed by atoms with Crippen LogP contribution >= 0.6 is 0 Å². The molecule has 2 rings (SSSR count). The highest BCUT2D eigenvalue weighted by atomic mass is 16.4. The lowest BCUT2D eigenvalue weighted by Gasteiger charge is -2.28. The number of rotatable bonds is 3. The maximum Gasteiger partial charge on any atom is 0.315 e. The van der Waals surface area contributed by atoms with E-state index in [4.69, 9.17) is 0 Å². The summed E-state index contributed by atoms with van der Waals surface area (Å²) in [4.78, 5) is 13.5. The van der Waals surface area contributed by atoms with Gasteiger partial charge in [0.05, 0.1) is 0 Å². The van der Waals surface area contributed by atoms with Crippen LogP contribution in [0.25, 0.3) is 0 Å². The van der Waals surface area contributed by atoms with E-state index in [1.165, 1.54) is 5.56 Å². The third-order valence-corrected chi connectivity index (χ3v) is 3.35. The van der Waals surface area contributed by atoms with Crippen LogP contribution < -0.4 is 0 Å². The average Bonchev–Trinajstić information content (AvgIpc) is 2.58. The molecule has 0 aromatic heterocycles. The van der Waals surface area contributed by atoms with Crippen LogP contribution in [0, 0.1) is 0 Å². The van der Waals surface area contributed by atoms with Crippen molar-refractivity contribution in [2.45, 2.75) is 18.3 Å². The molecule has 3 heteroatoms. The fraction of sp³-hybridized carbons (Fsp3) is 0.462. The normalized spacial score (nSPS) is 23.4. The third kappa shape index (κ3) is 1.61. The van der Waals surface area contributed by atoms with Gasteiger partial charge in [0.2, 0.25) is 0 Å². The first-order valence-electron chi connectivity index (χ1n) is 5.53. The number of carbonyl (C=O) groups is 1. The van der Waals surface area contributed by atoms with E-state index in [2.05, 4.69) is 0 Å². The van der Waals surface area contributed by atoms with Crippen molar-refractivity contribution >= 4 is 5.97 Å². The van der Waals surface area contributed by atoms with E-state index in [9.17, 15) is 9.90 Å². The van der Waals surface area contributed by atoms with Gasteiger partial charge in [0.25, 0.3) is 0 Å². The summed E-state index contributed by atoms with van der Waals surface area (Å²) in [5.41, 5.74) is 1.48. The summed E-state index contributed by atoms with van der Waals surface area (Å²) in [6, 6.07) is 7.90. The highest BCUT2D eigenvalue weighted by Gasteiger charge is 2.45. The van der Waals surface area contributed by atoms with Gasteiger partial charge in [-0.25, -0.2) is 0 Å². The van der Waals surface area contributed by atoms with Crippen LogP contribution in [0.4, 0.5) is 0 Å². The predicted molar refractivity (Wildman–Crippen MR) is 62.6 cm³/mol. The molecule has 0 radical (unpaired) electrons. The molecule has 1 unspecified atom stereocenters. The van der Waals surface area contributed by atoms with Gasteiger partial charge in [-0.15, -0.1) is 0 Å². The number of carboxylic acids is 1. The molecule has 1 N–H and O–H groups in total. The van der Waals surface area contributed by atoms with E-state index in [-0.39, 0.29) is 0 Å². The molecule has 86 valence electrons. The Labute approximate surface area is 95.7 Å². The van der Waals surface area contributed by atoms with E-state index in [0.29, 0.717) is 13.0 Å². The molecule has 1 aliphatic carbocycles. The molecule has 0 amide bonds. The van der Waals surface area contributed by atoms with Crippen molar-refractivity contribution in [1.82, 2.24) is 4.90 Å². The second-order valence-corrected chi connectivity index (χ2v) is 4.78. The Bertz CT molecular complexity index is 414. The van der Waals surface area contributed by atoms with E-state index in [1.54, 1.807) is 0 Å². The summed E-state index contributed by atoms with van der Waals surface area (Å²) in [5.74, 6) is -0.703.